The van der Waals surface area contributed by atoms with Crippen molar-refractivity contribution >= 4 is 6.09 Å². The summed E-state index contributed by atoms with van der Waals surface area (Å²) in [6, 6.07) is 0. The predicted molar refractivity (Wildman–Crippen MR) is 32.4 cm³/mol. The molecule has 72 valence electrons. The van der Waals surface area contributed by atoms with Crippen LogP contribution in [0.25, 0.3) is 0 Å². The van der Waals surface area contributed by atoms with Crippen LogP contribution in [0.4, 0.5) is 18.0 Å². The molecule has 0 heterocycles. The van der Waals surface area contributed by atoms with Gasteiger partial charge in [-0.1, -0.05) is 0 Å². The van der Waals surface area contributed by atoms with Gasteiger partial charge in [-0.3, -0.25) is 5.32 Å². The van der Waals surface area contributed by atoms with Crippen molar-refractivity contribution in [3.05, 3.63) is 0 Å². The van der Waals surface area contributed by atoms with Crippen LogP contribution in [0.15, 0.2) is 0 Å². The number of hydrogen-bond acceptors (Lipinski definition) is 3. The van der Waals surface area contributed by atoms with Crippen molar-refractivity contribution in [2.45, 2.75) is 12.8 Å². The fourth-order valence-electron chi connectivity index (χ4n) is 0.326. The summed E-state index contributed by atoms with van der Waals surface area (Å²) < 4.78 is 42.6. The molecule has 1 unspecified atom stereocenters. The summed E-state index contributed by atoms with van der Waals surface area (Å²) in [5.41, 5.74) is 0. The summed E-state index contributed by atoms with van der Waals surface area (Å²) in [4.78, 5) is 10.3. The first kappa shape index (κ1) is 11.0. The normalized spacial score (nSPS) is 12.8. The van der Waals surface area contributed by atoms with Crippen molar-refractivity contribution in [3.8, 4) is 0 Å². The Bertz CT molecular complexity index is 144. The van der Waals surface area contributed by atoms with Gasteiger partial charge in [0.1, 0.15) is 6.73 Å². The fourth-order valence-corrected chi connectivity index (χ4v) is 0.326. The van der Waals surface area contributed by atoms with Crippen LogP contribution in [0.1, 0.15) is 0 Å². The van der Waals surface area contributed by atoms with Crippen molar-refractivity contribution in [2.75, 3.05) is 13.8 Å². The third-order valence-electron chi connectivity index (χ3n) is 0.779. The first-order valence-electron chi connectivity index (χ1n) is 2.93. The van der Waals surface area contributed by atoms with Gasteiger partial charge in [0, 0.05) is 7.11 Å². The Morgan fingerprint density at radius 3 is 2.50 bits per heavy atom. The summed E-state index contributed by atoms with van der Waals surface area (Å²) in [6.45, 7) is -0.227. The Kier molecular flexibility index (Phi) is 5.18. The number of carbonyl (C=O) groups is 1. The zero-order valence-electron chi connectivity index (χ0n) is 6.22. The predicted octanol–water partition coefficient (Wildman–Crippen LogP) is 0.877. The molecule has 0 aromatic heterocycles. The van der Waals surface area contributed by atoms with E-state index in [1.54, 1.807) is 0 Å². The Labute approximate surface area is 66.6 Å². The summed E-state index contributed by atoms with van der Waals surface area (Å²) in [5.74, 6) is 0. The van der Waals surface area contributed by atoms with E-state index in [0.29, 0.717) is 0 Å². The minimum absolute atomic E-state index is 0.227. The monoisotopic (exact) mass is 187 g/mol. The van der Waals surface area contributed by atoms with Crippen LogP contribution in [0.2, 0.25) is 0 Å². The van der Waals surface area contributed by atoms with E-state index in [1.807, 2.05) is 5.32 Å². The van der Waals surface area contributed by atoms with E-state index in [-0.39, 0.29) is 6.73 Å². The van der Waals surface area contributed by atoms with Crippen molar-refractivity contribution in [2.24, 2.45) is 0 Å². The average Bonchev–Trinajstić information content (AvgIpc) is 2.00. The number of ether oxygens (including phenoxy) is 2. The molecule has 0 rings (SSSR count). The quantitative estimate of drug-likeness (QED) is 0.664. The minimum Gasteiger partial charge on any atom is -0.409 e. The van der Waals surface area contributed by atoms with E-state index in [2.05, 4.69) is 9.47 Å². The molecule has 12 heavy (non-hydrogen) atoms. The number of methoxy groups -OCH3 is 1. The second kappa shape index (κ2) is 5.64. The van der Waals surface area contributed by atoms with E-state index < -0.39 is 18.9 Å². The third-order valence-corrected chi connectivity index (χ3v) is 0.779. The molecular formula is C5H8F3NO3. The molecule has 0 spiro atoms. The number of carbonyl (C=O) groups excluding carboxylic acids is 1. The van der Waals surface area contributed by atoms with Gasteiger partial charge in [-0.05, 0) is 0 Å². The van der Waals surface area contributed by atoms with E-state index >= 15 is 0 Å². The van der Waals surface area contributed by atoms with Crippen molar-refractivity contribution < 1.29 is 27.4 Å². The largest absolute Gasteiger partial charge is 0.411 e. The molecule has 1 N–H and O–H groups in total. The lowest BCUT2D eigenvalue weighted by molar-refractivity contribution is -0.0914. The third kappa shape index (κ3) is 4.78. The van der Waals surface area contributed by atoms with E-state index in [9.17, 15) is 18.0 Å². The summed E-state index contributed by atoms with van der Waals surface area (Å²) >= 11 is 0. The van der Waals surface area contributed by atoms with Gasteiger partial charge in [0.25, 0.3) is 0 Å². The van der Waals surface area contributed by atoms with Gasteiger partial charge in [-0.25, -0.2) is 13.6 Å². The van der Waals surface area contributed by atoms with Gasteiger partial charge in [0.15, 0.2) is 0 Å². The van der Waals surface area contributed by atoms with Crippen LogP contribution < -0.4 is 5.32 Å². The highest BCUT2D eigenvalue weighted by atomic mass is 19.3. The lowest BCUT2D eigenvalue weighted by atomic mass is 10.7. The van der Waals surface area contributed by atoms with Crippen LogP contribution in [0, 0.1) is 0 Å². The van der Waals surface area contributed by atoms with Crippen molar-refractivity contribution in [3.63, 3.8) is 0 Å². The highest BCUT2D eigenvalue weighted by Crippen LogP contribution is 2.06. The lowest BCUT2D eigenvalue weighted by Crippen LogP contribution is -2.31. The smallest absolute Gasteiger partial charge is 0.409 e. The standard InChI is InChI=1S/C5H8F3NO3/c1-11-2-9-5(10)12-4(8)3(6)7/h3-4H,2H2,1H3,(H,9,10). The van der Waals surface area contributed by atoms with E-state index in [1.165, 1.54) is 7.11 Å². The van der Waals surface area contributed by atoms with Gasteiger partial charge in [0.2, 0.25) is 0 Å². The maximum atomic E-state index is 11.9. The molecule has 4 nitrogen and oxygen atoms in total. The summed E-state index contributed by atoms with van der Waals surface area (Å²) in [6.07, 6.45) is -7.52. The number of rotatable bonds is 4. The molecule has 0 bridgehead atoms. The highest BCUT2D eigenvalue weighted by molar-refractivity contribution is 5.66. The van der Waals surface area contributed by atoms with Crippen LogP contribution in [-0.2, 0) is 9.47 Å². The number of nitrogens with one attached hydrogen (secondary N) is 1. The summed E-state index contributed by atoms with van der Waals surface area (Å²) in [5, 5.41) is 1.86. The SMILES string of the molecule is COCNC(=O)OC(F)C(F)F. The molecule has 0 saturated heterocycles. The number of amides is 1. The van der Waals surface area contributed by atoms with Crippen LogP contribution in [-0.4, -0.2) is 32.7 Å². The van der Waals surface area contributed by atoms with Crippen LogP contribution in [0.5, 0.6) is 0 Å². The maximum Gasteiger partial charge on any atom is 0.411 e. The molecule has 0 fully saturated rings. The Balaban J connectivity index is 3.54. The zero-order valence-corrected chi connectivity index (χ0v) is 6.22. The second-order valence-electron chi connectivity index (χ2n) is 1.70. The molecule has 0 aliphatic carbocycles. The van der Waals surface area contributed by atoms with Crippen molar-refractivity contribution in [1.82, 2.24) is 5.32 Å². The zero-order chi connectivity index (χ0) is 9.56. The minimum atomic E-state index is -3.33. The van der Waals surface area contributed by atoms with Gasteiger partial charge < -0.3 is 9.47 Å². The van der Waals surface area contributed by atoms with Gasteiger partial charge in [-0.15, -0.1) is 0 Å². The van der Waals surface area contributed by atoms with Crippen LogP contribution in [0.3, 0.4) is 0 Å². The Morgan fingerprint density at radius 2 is 2.08 bits per heavy atom. The molecular weight excluding hydrogens is 179 g/mol. The summed E-state index contributed by atoms with van der Waals surface area (Å²) in [7, 11) is 1.26. The topological polar surface area (TPSA) is 47.6 Å². The molecule has 0 aliphatic rings. The molecule has 0 radical (unpaired) electrons. The second-order valence-corrected chi connectivity index (χ2v) is 1.70. The molecule has 0 aromatic rings. The van der Waals surface area contributed by atoms with E-state index in [0.717, 1.165) is 0 Å². The average molecular weight is 187 g/mol. The first-order valence-corrected chi connectivity index (χ1v) is 2.93. The number of hydrogen-bond donors (Lipinski definition) is 1. The molecule has 1 atom stereocenters. The van der Waals surface area contributed by atoms with Gasteiger partial charge in [0.05, 0.1) is 0 Å². The van der Waals surface area contributed by atoms with Crippen molar-refractivity contribution in [1.29, 1.82) is 0 Å². The maximum absolute atomic E-state index is 11.9. The number of alkyl carbamates (subject to hydrolysis) is 1. The highest BCUT2D eigenvalue weighted by Gasteiger charge is 2.23. The number of halogens is 3. The van der Waals surface area contributed by atoms with Crippen LogP contribution >= 0.6 is 0 Å². The molecule has 0 aromatic carbocycles. The lowest BCUT2D eigenvalue weighted by Gasteiger charge is -2.08. The first-order chi connectivity index (χ1) is 5.57. The number of alkyl halides is 3. The van der Waals surface area contributed by atoms with Gasteiger partial charge in [-0.2, -0.15) is 4.39 Å². The van der Waals surface area contributed by atoms with E-state index in [4.69, 9.17) is 0 Å². The molecule has 1 amide bonds. The molecule has 7 heteroatoms. The Hall–Kier alpha value is -0.980. The Morgan fingerprint density at radius 1 is 1.50 bits per heavy atom. The van der Waals surface area contributed by atoms with Gasteiger partial charge >= 0.3 is 18.9 Å². The molecule has 0 aliphatic heterocycles. The molecule has 0 saturated carbocycles. The fraction of sp³-hybridized carbons (Fsp3) is 0.800.